The molecule has 80 valence electrons. The Morgan fingerprint density at radius 2 is 1.86 bits per heavy atom. The summed E-state index contributed by atoms with van der Waals surface area (Å²) < 4.78 is 0. The largest absolute Gasteiger partial charge is 0.313 e. The van der Waals surface area contributed by atoms with E-state index in [0.29, 0.717) is 6.04 Å². The number of hydrogen-bond donors (Lipinski definition) is 1. The second-order valence-corrected chi connectivity index (χ2v) is 5.97. The van der Waals surface area contributed by atoms with E-state index in [0.717, 1.165) is 17.8 Å². The third-order valence-corrected chi connectivity index (χ3v) is 5.13. The Bertz CT molecular complexity index is 237. The first kappa shape index (κ1) is 9.17. The van der Waals surface area contributed by atoms with Crippen LogP contribution in [-0.2, 0) is 0 Å². The fourth-order valence-electron chi connectivity index (χ4n) is 4.71. The van der Waals surface area contributed by atoms with Gasteiger partial charge in [-0.2, -0.15) is 5.06 Å². The number of rotatable bonds is 1. The fraction of sp³-hybridized carbons (Fsp3) is 1.00. The fourth-order valence-corrected chi connectivity index (χ4v) is 4.71. The first-order valence-electron chi connectivity index (χ1n) is 6.12. The SMILES string of the molecule is CCC1C2CC3CC1CC(C)(C2)N3O. The molecular weight excluding hydrogens is 174 g/mol. The molecule has 2 heteroatoms. The lowest BCUT2D eigenvalue weighted by Crippen LogP contribution is -2.65. The Morgan fingerprint density at radius 1 is 1.29 bits per heavy atom. The van der Waals surface area contributed by atoms with Gasteiger partial charge in [-0.3, -0.25) is 0 Å². The van der Waals surface area contributed by atoms with Crippen molar-refractivity contribution in [3.05, 3.63) is 0 Å². The number of piperidine rings is 2. The zero-order valence-corrected chi connectivity index (χ0v) is 9.24. The van der Waals surface area contributed by atoms with Crippen LogP contribution in [0.3, 0.4) is 0 Å². The summed E-state index contributed by atoms with van der Waals surface area (Å²) in [5, 5.41) is 11.8. The van der Waals surface area contributed by atoms with Crippen molar-refractivity contribution in [2.75, 3.05) is 0 Å². The van der Waals surface area contributed by atoms with Crippen molar-refractivity contribution in [1.82, 2.24) is 5.06 Å². The Labute approximate surface area is 86.2 Å². The summed E-state index contributed by atoms with van der Waals surface area (Å²) in [4.78, 5) is 0. The highest BCUT2D eigenvalue weighted by Gasteiger charge is 2.56. The molecular formula is C12H21NO. The predicted molar refractivity (Wildman–Crippen MR) is 55.0 cm³/mol. The topological polar surface area (TPSA) is 23.5 Å². The van der Waals surface area contributed by atoms with E-state index < -0.39 is 0 Å². The van der Waals surface area contributed by atoms with Gasteiger partial charge in [0.25, 0.3) is 0 Å². The van der Waals surface area contributed by atoms with Crippen LogP contribution < -0.4 is 0 Å². The van der Waals surface area contributed by atoms with E-state index in [9.17, 15) is 5.21 Å². The molecule has 0 spiro atoms. The molecule has 2 aliphatic carbocycles. The minimum Gasteiger partial charge on any atom is -0.313 e. The van der Waals surface area contributed by atoms with Crippen LogP contribution >= 0.6 is 0 Å². The van der Waals surface area contributed by atoms with Crippen molar-refractivity contribution in [2.45, 2.75) is 57.5 Å². The molecule has 0 aromatic rings. The van der Waals surface area contributed by atoms with Gasteiger partial charge in [-0.1, -0.05) is 13.3 Å². The van der Waals surface area contributed by atoms with Gasteiger partial charge in [0.05, 0.1) is 0 Å². The summed E-state index contributed by atoms with van der Waals surface area (Å²) >= 11 is 0. The smallest absolute Gasteiger partial charge is 0.0441 e. The Morgan fingerprint density at radius 3 is 2.29 bits per heavy atom. The zero-order chi connectivity index (χ0) is 9.92. The molecule has 2 saturated carbocycles. The van der Waals surface area contributed by atoms with Crippen molar-refractivity contribution in [3.8, 4) is 0 Å². The van der Waals surface area contributed by atoms with Crippen molar-refractivity contribution in [2.24, 2.45) is 17.8 Å². The highest BCUT2D eigenvalue weighted by molar-refractivity contribution is 5.07. The zero-order valence-electron chi connectivity index (χ0n) is 9.24. The molecule has 0 amide bonds. The van der Waals surface area contributed by atoms with Gasteiger partial charge in [-0.15, -0.1) is 0 Å². The molecule has 2 atom stereocenters. The Balaban J connectivity index is 1.92. The molecule has 0 aromatic heterocycles. The first-order valence-corrected chi connectivity index (χ1v) is 6.12. The molecule has 0 aromatic carbocycles. The third-order valence-electron chi connectivity index (χ3n) is 5.13. The van der Waals surface area contributed by atoms with Crippen molar-refractivity contribution >= 4 is 0 Å². The lowest BCUT2D eigenvalue weighted by molar-refractivity contribution is -0.281. The summed E-state index contributed by atoms with van der Waals surface area (Å²) in [5.74, 6) is 2.78. The second-order valence-electron chi connectivity index (χ2n) is 5.97. The van der Waals surface area contributed by atoms with Gasteiger partial charge in [0.1, 0.15) is 0 Å². The molecule has 2 aliphatic heterocycles. The third kappa shape index (κ3) is 0.989. The summed E-state index contributed by atoms with van der Waals surface area (Å²) in [5.41, 5.74) is 0.127. The summed E-state index contributed by atoms with van der Waals surface area (Å²) in [6, 6.07) is 0.486. The molecule has 2 saturated heterocycles. The Kier molecular flexibility index (Phi) is 1.79. The van der Waals surface area contributed by atoms with E-state index >= 15 is 0 Å². The normalized spacial score (nSPS) is 56.8. The number of hydrogen-bond acceptors (Lipinski definition) is 2. The lowest BCUT2D eigenvalue weighted by atomic mass is 9.54. The quantitative estimate of drug-likeness (QED) is 0.695. The average Bonchev–Trinajstić information content (AvgIpc) is 2.12. The molecule has 1 N–H and O–H groups in total. The molecule has 2 nitrogen and oxygen atoms in total. The lowest BCUT2D eigenvalue weighted by Gasteiger charge is -2.62. The molecule has 4 bridgehead atoms. The maximum absolute atomic E-state index is 10.1. The van der Waals surface area contributed by atoms with E-state index in [4.69, 9.17) is 0 Å². The first-order chi connectivity index (χ1) is 6.64. The highest BCUT2D eigenvalue weighted by atomic mass is 16.5. The summed E-state index contributed by atoms with van der Waals surface area (Å²) in [6.07, 6.45) is 6.32. The molecule has 0 radical (unpaired) electrons. The minimum absolute atomic E-state index is 0.127. The van der Waals surface area contributed by atoms with Crippen LogP contribution in [0.4, 0.5) is 0 Å². The van der Waals surface area contributed by atoms with Crippen LogP contribution in [0.2, 0.25) is 0 Å². The average molecular weight is 195 g/mol. The highest BCUT2D eigenvalue weighted by Crippen LogP contribution is 2.57. The van der Waals surface area contributed by atoms with Crippen LogP contribution in [-0.4, -0.2) is 21.9 Å². The van der Waals surface area contributed by atoms with E-state index in [-0.39, 0.29) is 5.54 Å². The Hall–Kier alpha value is -0.0800. The van der Waals surface area contributed by atoms with E-state index in [1.54, 1.807) is 5.06 Å². The van der Waals surface area contributed by atoms with Crippen LogP contribution in [0, 0.1) is 17.8 Å². The van der Waals surface area contributed by atoms with Gasteiger partial charge < -0.3 is 5.21 Å². The van der Waals surface area contributed by atoms with Gasteiger partial charge in [0.2, 0.25) is 0 Å². The van der Waals surface area contributed by atoms with E-state index in [1.165, 1.54) is 32.1 Å². The molecule has 4 aliphatic rings. The summed E-state index contributed by atoms with van der Waals surface area (Å²) in [6.45, 7) is 4.59. The maximum Gasteiger partial charge on any atom is 0.0441 e. The molecule has 14 heavy (non-hydrogen) atoms. The van der Waals surface area contributed by atoms with Crippen LogP contribution in [0.5, 0.6) is 0 Å². The van der Waals surface area contributed by atoms with Crippen molar-refractivity contribution in [3.63, 3.8) is 0 Å². The van der Waals surface area contributed by atoms with Gasteiger partial charge in [-0.05, 0) is 50.4 Å². The maximum atomic E-state index is 10.1. The van der Waals surface area contributed by atoms with Crippen LogP contribution in [0.25, 0.3) is 0 Å². The van der Waals surface area contributed by atoms with Gasteiger partial charge >= 0.3 is 0 Å². The van der Waals surface area contributed by atoms with Crippen LogP contribution in [0.15, 0.2) is 0 Å². The molecule has 2 unspecified atom stereocenters. The predicted octanol–water partition coefficient (Wildman–Crippen LogP) is 2.66. The van der Waals surface area contributed by atoms with E-state index in [1.807, 2.05) is 0 Å². The monoisotopic (exact) mass is 195 g/mol. The molecule has 4 fully saturated rings. The minimum atomic E-state index is 0.127. The summed E-state index contributed by atoms with van der Waals surface area (Å²) in [7, 11) is 0. The standard InChI is InChI=1S/C12H21NO/c1-3-11-8-4-10-5-9(11)7-12(2,6-8)13(10)14/h8-11,14H,3-7H2,1-2H3. The number of hydroxylamine groups is 2. The molecule has 2 heterocycles. The van der Waals surface area contributed by atoms with Crippen molar-refractivity contribution in [1.29, 1.82) is 0 Å². The second kappa shape index (κ2) is 2.73. The van der Waals surface area contributed by atoms with Crippen LogP contribution in [0.1, 0.15) is 46.0 Å². The van der Waals surface area contributed by atoms with E-state index in [2.05, 4.69) is 13.8 Å². The van der Waals surface area contributed by atoms with Gasteiger partial charge in [0, 0.05) is 11.6 Å². The molecule has 4 rings (SSSR count). The number of nitrogens with zero attached hydrogens (tertiary/aromatic N) is 1. The van der Waals surface area contributed by atoms with Gasteiger partial charge in [-0.25, -0.2) is 0 Å². The van der Waals surface area contributed by atoms with Crippen molar-refractivity contribution < 1.29 is 5.21 Å². The van der Waals surface area contributed by atoms with Gasteiger partial charge in [0.15, 0.2) is 0 Å².